The molecule has 0 N–H and O–H groups in total. The van der Waals surface area contributed by atoms with Gasteiger partial charge in [-0.3, -0.25) is 0 Å². The van der Waals surface area contributed by atoms with E-state index >= 15 is 0 Å². The van der Waals surface area contributed by atoms with Crippen LogP contribution in [0.4, 0.5) is 0 Å². The van der Waals surface area contributed by atoms with Crippen molar-refractivity contribution in [2.45, 2.75) is 59.3 Å². The molecule has 0 atom stereocenters. The summed E-state index contributed by atoms with van der Waals surface area (Å²) in [6.07, 6.45) is 14.7. The lowest BCUT2D eigenvalue weighted by atomic mass is 9.97. The average Bonchev–Trinajstić information content (AvgIpc) is 2.23. The van der Waals surface area contributed by atoms with Crippen LogP contribution in [-0.4, -0.2) is 0 Å². The maximum atomic E-state index is 2.34. The van der Waals surface area contributed by atoms with Crippen molar-refractivity contribution in [1.82, 2.24) is 0 Å². The van der Waals surface area contributed by atoms with E-state index in [4.69, 9.17) is 0 Å². The standard InChI is InChI=1S/C15H24/c1-13-11-9-7-5-4-6-8-10-12-14(2)15(13)3/h5,7,11H,4,6,8-10,12H2,1-3H3. The van der Waals surface area contributed by atoms with Crippen LogP contribution in [0.15, 0.2) is 34.9 Å². The van der Waals surface area contributed by atoms with E-state index in [-0.39, 0.29) is 0 Å². The molecule has 0 heterocycles. The molecule has 1 aliphatic rings. The van der Waals surface area contributed by atoms with Gasteiger partial charge in [-0.2, -0.15) is 0 Å². The van der Waals surface area contributed by atoms with Crippen LogP contribution in [0.2, 0.25) is 0 Å². The summed E-state index contributed by atoms with van der Waals surface area (Å²) in [4.78, 5) is 0. The summed E-state index contributed by atoms with van der Waals surface area (Å²) in [6.45, 7) is 6.78. The molecule has 0 unspecified atom stereocenters. The Morgan fingerprint density at radius 2 is 1.73 bits per heavy atom. The van der Waals surface area contributed by atoms with Gasteiger partial charge in [0.25, 0.3) is 0 Å². The minimum Gasteiger partial charge on any atom is -0.0882 e. The maximum Gasteiger partial charge on any atom is -0.0163 e. The van der Waals surface area contributed by atoms with Gasteiger partial charge in [0.1, 0.15) is 0 Å². The monoisotopic (exact) mass is 204 g/mol. The first-order valence-corrected chi connectivity index (χ1v) is 6.20. The van der Waals surface area contributed by atoms with Crippen LogP contribution in [0.3, 0.4) is 0 Å². The Hall–Kier alpha value is -0.780. The molecule has 0 aromatic rings. The lowest BCUT2D eigenvalue weighted by Gasteiger charge is -2.09. The van der Waals surface area contributed by atoms with Crippen molar-refractivity contribution in [3.63, 3.8) is 0 Å². The van der Waals surface area contributed by atoms with Gasteiger partial charge < -0.3 is 0 Å². The van der Waals surface area contributed by atoms with E-state index in [0.29, 0.717) is 0 Å². The largest absolute Gasteiger partial charge is 0.0882 e. The molecule has 1 aliphatic carbocycles. The van der Waals surface area contributed by atoms with Crippen LogP contribution >= 0.6 is 0 Å². The molecule has 0 saturated carbocycles. The summed E-state index contributed by atoms with van der Waals surface area (Å²) in [5.41, 5.74) is 4.54. The second kappa shape index (κ2) is 6.66. The summed E-state index contributed by atoms with van der Waals surface area (Å²) in [5, 5.41) is 0. The summed E-state index contributed by atoms with van der Waals surface area (Å²) < 4.78 is 0. The Balaban J connectivity index is 2.74. The van der Waals surface area contributed by atoms with Crippen molar-refractivity contribution in [2.24, 2.45) is 0 Å². The second-order valence-corrected chi connectivity index (χ2v) is 4.60. The van der Waals surface area contributed by atoms with Gasteiger partial charge in [-0.1, -0.05) is 35.8 Å². The molecule has 0 amide bonds. The molecule has 0 heteroatoms. The van der Waals surface area contributed by atoms with Gasteiger partial charge in [0, 0.05) is 0 Å². The summed E-state index contributed by atoms with van der Waals surface area (Å²) in [6, 6.07) is 0. The second-order valence-electron chi connectivity index (χ2n) is 4.60. The first-order chi connectivity index (χ1) is 7.22. The lowest BCUT2D eigenvalue weighted by Crippen LogP contribution is -1.89. The third kappa shape index (κ3) is 4.51. The molecule has 0 nitrogen and oxygen atoms in total. The minimum atomic E-state index is 1.09. The SMILES string of the molecule is CC1=CCC=CCCCCCC(C)=C1C. The number of allylic oxidation sites excluding steroid dienone is 6. The fraction of sp³-hybridized carbons (Fsp3) is 0.600. The Labute approximate surface area is 94.8 Å². The third-order valence-corrected chi connectivity index (χ3v) is 3.38. The van der Waals surface area contributed by atoms with Crippen LogP contribution in [0.25, 0.3) is 0 Å². The predicted molar refractivity (Wildman–Crippen MR) is 69.0 cm³/mol. The zero-order chi connectivity index (χ0) is 11.1. The van der Waals surface area contributed by atoms with Crippen LogP contribution in [0.5, 0.6) is 0 Å². The summed E-state index contributed by atoms with van der Waals surface area (Å²) in [7, 11) is 0. The van der Waals surface area contributed by atoms with Gasteiger partial charge in [-0.15, -0.1) is 0 Å². The zero-order valence-corrected chi connectivity index (χ0v) is 10.5. The topological polar surface area (TPSA) is 0 Å². The van der Waals surface area contributed by atoms with Gasteiger partial charge in [-0.25, -0.2) is 0 Å². The zero-order valence-electron chi connectivity index (χ0n) is 10.5. The molecule has 0 fully saturated rings. The maximum absolute atomic E-state index is 2.34. The van der Waals surface area contributed by atoms with E-state index in [9.17, 15) is 0 Å². The van der Waals surface area contributed by atoms with Crippen LogP contribution in [0, 0.1) is 0 Å². The Kier molecular flexibility index (Phi) is 5.45. The Morgan fingerprint density at radius 1 is 0.933 bits per heavy atom. The number of rotatable bonds is 0. The van der Waals surface area contributed by atoms with E-state index in [2.05, 4.69) is 39.0 Å². The van der Waals surface area contributed by atoms with Crippen molar-refractivity contribution < 1.29 is 0 Å². The van der Waals surface area contributed by atoms with Gasteiger partial charge in [-0.05, 0) is 58.4 Å². The molecule has 0 saturated heterocycles. The smallest absolute Gasteiger partial charge is 0.0163 e. The third-order valence-electron chi connectivity index (χ3n) is 3.38. The molecule has 0 bridgehead atoms. The number of hydrogen-bond acceptors (Lipinski definition) is 0. The van der Waals surface area contributed by atoms with Crippen molar-refractivity contribution in [3.8, 4) is 0 Å². The molecule has 0 aromatic heterocycles. The van der Waals surface area contributed by atoms with E-state index in [1.165, 1.54) is 43.3 Å². The molecule has 0 radical (unpaired) electrons. The van der Waals surface area contributed by atoms with Crippen molar-refractivity contribution in [3.05, 3.63) is 34.9 Å². The van der Waals surface area contributed by atoms with Gasteiger partial charge in [0.05, 0.1) is 0 Å². The summed E-state index contributed by atoms with van der Waals surface area (Å²) >= 11 is 0. The first kappa shape index (κ1) is 12.3. The fourth-order valence-corrected chi connectivity index (χ4v) is 1.97. The van der Waals surface area contributed by atoms with E-state index in [1.54, 1.807) is 5.57 Å². The molecule has 1 rings (SSSR count). The van der Waals surface area contributed by atoms with E-state index in [1.807, 2.05) is 0 Å². The molecule has 15 heavy (non-hydrogen) atoms. The van der Waals surface area contributed by atoms with Crippen LogP contribution < -0.4 is 0 Å². The van der Waals surface area contributed by atoms with Crippen LogP contribution in [-0.2, 0) is 0 Å². The highest BCUT2D eigenvalue weighted by Crippen LogP contribution is 2.20. The van der Waals surface area contributed by atoms with Gasteiger partial charge >= 0.3 is 0 Å². The van der Waals surface area contributed by atoms with Crippen LogP contribution in [0.1, 0.15) is 59.3 Å². The molecular weight excluding hydrogens is 180 g/mol. The predicted octanol–water partition coefficient (Wildman–Crippen LogP) is 5.18. The molecule has 0 spiro atoms. The molecular formula is C15H24. The number of hydrogen-bond donors (Lipinski definition) is 0. The minimum absolute atomic E-state index is 1.09. The molecule has 0 aliphatic heterocycles. The lowest BCUT2D eigenvalue weighted by molar-refractivity contribution is 0.680. The van der Waals surface area contributed by atoms with Crippen molar-refractivity contribution in [2.75, 3.05) is 0 Å². The highest BCUT2D eigenvalue weighted by Gasteiger charge is 2.00. The molecule has 0 aromatic carbocycles. The van der Waals surface area contributed by atoms with Gasteiger partial charge in [0.2, 0.25) is 0 Å². The fourth-order valence-electron chi connectivity index (χ4n) is 1.97. The Morgan fingerprint density at radius 3 is 2.53 bits per heavy atom. The highest BCUT2D eigenvalue weighted by molar-refractivity contribution is 5.31. The quantitative estimate of drug-likeness (QED) is 0.477. The van der Waals surface area contributed by atoms with Crippen molar-refractivity contribution in [1.29, 1.82) is 0 Å². The highest BCUT2D eigenvalue weighted by atomic mass is 14.1. The summed E-state index contributed by atoms with van der Waals surface area (Å²) in [5.74, 6) is 0. The molecule has 84 valence electrons. The normalized spacial score (nSPS) is 20.6. The van der Waals surface area contributed by atoms with E-state index in [0.717, 1.165) is 6.42 Å². The first-order valence-electron chi connectivity index (χ1n) is 6.20. The van der Waals surface area contributed by atoms with Gasteiger partial charge in [0.15, 0.2) is 0 Å². The van der Waals surface area contributed by atoms with Crippen molar-refractivity contribution >= 4 is 0 Å². The average molecular weight is 204 g/mol. The Bertz CT molecular complexity index is 276. The van der Waals surface area contributed by atoms with E-state index < -0.39 is 0 Å².